The normalized spacial score (nSPS) is 17.7. The van der Waals surface area contributed by atoms with Crippen LogP contribution in [0.15, 0.2) is 12.1 Å². The topological polar surface area (TPSA) is 29.5 Å². The molecule has 1 fully saturated rings. The van der Waals surface area contributed by atoms with Gasteiger partial charge in [-0.05, 0) is 25.3 Å². The lowest BCUT2D eigenvalue weighted by molar-refractivity contribution is 0.145. The quantitative estimate of drug-likeness (QED) is 0.829. The van der Waals surface area contributed by atoms with Crippen LogP contribution in [0.4, 0.5) is 0 Å². The molecule has 1 aliphatic rings. The monoisotopic (exact) mass is 302 g/mol. The third kappa shape index (κ3) is 3.77. The van der Waals surface area contributed by atoms with E-state index in [9.17, 15) is 5.11 Å². The molecule has 0 saturated heterocycles. The summed E-state index contributed by atoms with van der Waals surface area (Å²) in [6, 6.07) is 3.43. The molecule has 0 aliphatic heterocycles. The summed E-state index contributed by atoms with van der Waals surface area (Å²) in [7, 11) is 0. The first kappa shape index (κ1) is 15.0. The maximum atomic E-state index is 10.3. The van der Waals surface area contributed by atoms with Gasteiger partial charge in [0.15, 0.2) is 0 Å². The molecule has 0 spiro atoms. The SMILES string of the molecule is CCOc1cc(Cl)c(C(O)CC2CCCC2)cc1Cl. The second-order valence-corrected chi connectivity index (χ2v) is 5.95. The van der Waals surface area contributed by atoms with Gasteiger partial charge in [-0.1, -0.05) is 48.9 Å². The Morgan fingerprint density at radius 1 is 1.26 bits per heavy atom. The van der Waals surface area contributed by atoms with E-state index in [-0.39, 0.29) is 0 Å². The molecule has 4 heteroatoms. The van der Waals surface area contributed by atoms with E-state index in [0.29, 0.717) is 33.9 Å². The summed E-state index contributed by atoms with van der Waals surface area (Å²) < 4.78 is 5.39. The zero-order chi connectivity index (χ0) is 13.8. The average Bonchev–Trinajstić information content (AvgIpc) is 2.86. The van der Waals surface area contributed by atoms with Gasteiger partial charge in [0.2, 0.25) is 0 Å². The first-order valence-electron chi connectivity index (χ1n) is 6.91. The zero-order valence-corrected chi connectivity index (χ0v) is 12.7. The third-order valence-corrected chi connectivity index (χ3v) is 4.36. The minimum absolute atomic E-state index is 0.506. The summed E-state index contributed by atoms with van der Waals surface area (Å²) in [4.78, 5) is 0. The van der Waals surface area contributed by atoms with E-state index < -0.39 is 6.10 Å². The smallest absolute Gasteiger partial charge is 0.139 e. The molecule has 2 nitrogen and oxygen atoms in total. The minimum Gasteiger partial charge on any atom is -0.492 e. The Labute approximate surface area is 124 Å². The van der Waals surface area contributed by atoms with E-state index in [2.05, 4.69) is 0 Å². The summed E-state index contributed by atoms with van der Waals surface area (Å²) in [5.74, 6) is 1.18. The highest BCUT2D eigenvalue weighted by molar-refractivity contribution is 6.34. The van der Waals surface area contributed by atoms with Crippen LogP contribution in [0, 0.1) is 5.92 Å². The second kappa shape index (κ2) is 6.83. The highest BCUT2D eigenvalue weighted by Gasteiger charge is 2.22. The molecule has 1 aromatic rings. The Hall–Kier alpha value is -0.440. The first-order valence-corrected chi connectivity index (χ1v) is 7.67. The average molecular weight is 303 g/mol. The fourth-order valence-electron chi connectivity index (χ4n) is 2.75. The van der Waals surface area contributed by atoms with Crippen molar-refractivity contribution in [3.8, 4) is 5.75 Å². The predicted molar refractivity (Wildman–Crippen MR) is 79.2 cm³/mol. The van der Waals surface area contributed by atoms with E-state index in [1.807, 2.05) is 6.92 Å². The van der Waals surface area contributed by atoms with Gasteiger partial charge in [-0.2, -0.15) is 0 Å². The van der Waals surface area contributed by atoms with Gasteiger partial charge >= 0.3 is 0 Å². The number of benzene rings is 1. The third-order valence-electron chi connectivity index (χ3n) is 3.74. The van der Waals surface area contributed by atoms with E-state index in [1.54, 1.807) is 12.1 Å². The summed E-state index contributed by atoms with van der Waals surface area (Å²) in [6.45, 7) is 2.44. The first-order chi connectivity index (χ1) is 9.11. The van der Waals surface area contributed by atoms with E-state index >= 15 is 0 Å². The standard InChI is InChI=1S/C15H20Cl2O2/c1-2-19-15-9-12(16)11(8-13(15)17)14(18)7-10-5-3-4-6-10/h8-10,14,18H,2-7H2,1H3. The van der Waals surface area contributed by atoms with Gasteiger partial charge in [0.1, 0.15) is 5.75 Å². The number of aliphatic hydroxyl groups is 1. The Morgan fingerprint density at radius 2 is 1.95 bits per heavy atom. The van der Waals surface area contributed by atoms with Crippen molar-refractivity contribution in [3.05, 3.63) is 27.7 Å². The van der Waals surface area contributed by atoms with Gasteiger partial charge in [-0.15, -0.1) is 0 Å². The molecule has 0 heterocycles. The van der Waals surface area contributed by atoms with Crippen molar-refractivity contribution in [2.24, 2.45) is 5.92 Å². The van der Waals surface area contributed by atoms with Crippen molar-refractivity contribution in [1.29, 1.82) is 0 Å². The Morgan fingerprint density at radius 3 is 2.58 bits per heavy atom. The number of ether oxygens (including phenoxy) is 1. The molecule has 0 radical (unpaired) electrons. The lowest BCUT2D eigenvalue weighted by Crippen LogP contribution is -2.05. The maximum absolute atomic E-state index is 10.3. The van der Waals surface area contributed by atoms with Crippen LogP contribution in [0.1, 0.15) is 50.7 Å². The molecule has 19 heavy (non-hydrogen) atoms. The van der Waals surface area contributed by atoms with Crippen LogP contribution in [-0.2, 0) is 0 Å². The molecule has 1 atom stereocenters. The van der Waals surface area contributed by atoms with E-state index in [4.69, 9.17) is 27.9 Å². The molecule has 0 amide bonds. The van der Waals surface area contributed by atoms with Crippen molar-refractivity contribution in [3.63, 3.8) is 0 Å². The molecule has 0 bridgehead atoms. The number of hydrogen-bond donors (Lipinski definition) is 1. The van der Waals surface area contributed by atoms with Crippen LogP contribution >= 0.6 is 23.2 Å². The minimum atomic E-state index is -0.538. The molecule has 2 rings (SSSR count). The largest absolute Gasteiger partial charge is 0.492 e. The van der Waals surface area contributed by atoms with Crippen LogP contribution in [0.2, 0.25) is 10.0 Å². The van der Waals surface area contributed by atoms with Crippen molar-refractivity contribution < 1.29 is 9.84 Å². The van der Waals surface area contributed by atoms with Gasteiger partial charge in [0.25, 0.3) is 0 Å². The van der Waals surface area contributed by atoms with Crippen molar-refractivity contribution in [1.82, 2.24) is 0 Å². The lowest BCUT2D eigenvalue weighted by Gasteiger charge is -2.18. The van der Waals surface area contributed by atoms with Crippen LogP contribution in [0.5, 0.6) is 5.75 Å². The maximum Gasteiger partial charge on any atom is 0.139 e. The van der Waals surface area contributed by atoms with Gasteiger partial charge in [0, 0.05) is 11.6 Å². The van der Waals surface area contributed by atoms with Crippen molar-refractivity contribution in [2.45, 2.75) is 45.1 Å². The molecular formula is C15H20Cl2O2. The molecule has 106 valence electrons. The van der Waals surface area contributed by atoms with E-state index in [0.717, 1.165) is 6.42 Å². The highest BCUT2D eigenvalue weighted by Crippen LogP contribution is 2.38. The van der Waals surface area contributed by atoms with Gasteiger partial charge in [-0.3, -0.25) is 0 Å². The number of aliphatic hydroxyl groups excluding tert-OH is 1. The summed E-state index contributed by atoms with van der Waals surface area (Å²) >= 11 is 12.4. The van der Waals surface area contributed by atoms with Crippen LogP contribution < -0.4 is 4.74 Å². The molecule has 1 saturated carbocycles. The zero-order valence-electron chi connectivity index (χ0n) is 11.2. The molecule has 1 aliphatic carbocycles. The lowest BCUT2D eigenvalue weighted by atomic mass is 9.95. The highest BCUT2D eigenvalue weighted by atomic mass is 35.5. The molecular weight excluding hydrogens is 283 g/mol. The molecule has 1 aromatic carbocycles. The second-order valence-electron chi connectivity index (χ2n) is 5.14. The van der Waals surface area contributed by atoms with Gasteiger partial charge < -0.3 is 9.84 Å². The van der Waals surface area contributed by atoms with Gasteiger partial charge in [-0.25, -0.2) is 0 Å². The number of rotatable bonds is 5. The van der Waals surface area contributed by atoms with Crippen molar-refractivity contribution >= 4 is 23.2 Å². The Balaban J connectivity index is 2.12. The number of halogens is 2. The van der Waals surface area contributed by atoms with Gasteiger partial charge in [0.05, 0.1) is 22.8 Å². The fourth-order valence-corrected chi connectivity index (χ4v) is 3.26. The predicted octanol–water partition coefficient (Wildman–Crippen LogP) is 5.01. The van der Waals surface area contributed by atoms with Crippen LogP contribution in [0.3, 0.4) is 0 Å². The molecule has 1 unspecified atom stereocenters. The molecule has 0 aromatic heterocycles. The van der Waals surface area contributed by atoms with Crippen LogP contribution in [0.25, 0.3) is 0 Å². The fraction of sp³-hybridized carbons (Fsp3) is 0.600. The van der Waals surface area contributed by atoms with E-state index in [1.165, 1.54) is 25.7 Å². The Bertz CT molecular complexity index is 428. The summed E-state index contributed by atoms with van der Waals surface area (Å²) in [5, 5.41) is 11.4. The van der Waals surface area contributed by atoms with Crippen LogP contribution in [-0.4, -0.2) is 11.7 Å². The summed E-state index contributed by atoms with van der Waals surface area (Å²) in [5.41, 5.74) is 0.710. The Kier molecular flexibility index (Phi) is 5.37. The van der Waals surface area contributed by atoms with Crippen molar-refractivity contribution in [2.75, 3.05) is 6.61 Å². The molecule has 1 N–H and O–H groups in total. The summed E-state index contributed by atoms with van der Waals surface area (Å²) in [6.07, 6.45) is 5.19. The number of hydrogen-bond acceptors (Lipinski definition) is 2.